The third-order valence-electron chi connectivity index (χ3n) is 4.08. The predicted molar refractivity (Wildman–Crippen MR) is 61.5 cm³/mol. The number of aliphatic carboxylic acids is 1. The van der Waals surface area contributed by atoms with Crippen LogP contribution < -0.4 is 0 Å². The first-order valence-corrected chi connectivity index (χ1v) is 6.19. The third kappa shape index (κ3) is 1.84. The Bertz CT molecular complexity index is 465. The molecule has 1 N–H and O–H groups in total. The monoisotopic (exact) mass is 234 g/mol. The molecule has 0 saturated heterocycles. The maximum absolute atomic E-state index is 13.3. The summed E-state index contributed by atoms with van der Waals surface area (Å²) in [5.74, 6) is -0.511. The maximum atomic E-state index is 13.3. The minimum absolute atomic E-state index is 0.327. The summed E-state index contributed by atoms with van der Waals surface area (Å²) >= 11 is 0. The molecule has 3 rings (SSSR count). The Labute approximate surface area is 99.5 Å². The van der Waals surface area contributed by atoms with Crippen LogP contribution in [0.2, 0.25) is 0 Å². The Kier molecular flexibility index (Phi) is 2.42. The predicted octanol–water partition coefficient (Wildman–Crippen LogP) is 3.28. The van der Waals surface area contributed by atoms with Gasteiger partial charge in [-0.2, -0.15) is 0 Å². The zero-order valence-electron chi connectivity index (χ0n) is 9.53. The van der Waals surface area contributed by atoms with E-state index in [-0.39, 0.29) is 5.82 Å². The largest absolute Gasteiger partial charge is 0.481 e. The Morgan fingerprint density at radius 1 is 1.18 bits per heavy atom. The number of hydrogen-bond acceptors (Lipinski definition) is 1. The van der Waals surface area contributed by atoms with Crippen molar-refractivity contribution in [2.24, 2.45) is 5.92 Å². The molecule has 0 spiro atoms. The average molecular weight is 234 g/mol. The molecule has 1 aromatic rings. The SMILES string of the molecule is O=C(O)C1CCC(C2CC2)c2ccc(F)cc21. The van der Waals surface area contributed by atoms with Crippen LogP contribution in [0.25, 0.3) is 0 Å². The van der Waals surface area contributed by atoms with E-state index in [1.165, 1.54) is 25.0 Å². The molecule has 0 aliphatic heterocycles. The normalized spacial score (nSPS) is 27.6. The van der Waals surface area contributed by atoms with Crippen molar-refractivity contribution in [2.75, 3.05) is 0 Å². The molecule has 1 aromatic carbocycles. The van der Waals surface area contributed by atoms with Crippen LogP contribution in [0.5, 0.6) is 0 Å². The number of benzene rings is 1. The summed E-state index contributed by atoms with van der Waals surface area (Å²) in [5.41, 5.74) is 1.79. The van der Waals surface area contributed by atoms with E-state index in [1.54, 1.807) is 6.07 Å². The molecule has 1 fully saturated rings. The van der Waals surface area contributed by atoms with Crippen molar-refractivity contribution in [3.63, 3.8) is 0 Å². The van der Waals surface area contributed by atoms with E-state index < -0.39 is 11.9 Å². The number of carboxylic acid groups (broad SMARTS) is 1. The van der Waals surface area contributed by atoms with Crippen molar-refractivity contribution in [3.8, 4) is 0 Å². The third-order valence-corrected chi connectivity index (χ3v) is 4.08. The van der Waals surface area contributed by atoms with E-state index in [0.29, 0.717) is 23.8 Å². The molecule has 0 aromatic heterocycles. The lowest BCUT2D eigenvalue weighted by Gasteiger charge is -2.29. The standard InChI is InChI=1S/C14H15FO2/c15-9-3-4-11-10(8-1-2-8)5-6-12(14(16)17)13(11)7-9/h3-4,7-8,10,12H,1-2,5-6H2,(H,16,17). The minimum atomic E-state index is -0.828. The second-order valence-electron chi connectivity index (χ2n) is 5.19. The van der Waals surface area contributed by atoms with Gasteiger partial charge in [-0.1, -0.05) is 6.07 Å². The number of rotatable bonds is 2. The smallest absolute Gasteiger partial charge is 0.310 e. The molecule has 2 nitrogen and oxygen atoms in total. The van der Waals surface area contributed by atoms with Gasteiger partial charge in [0.2, 0.25) is 0 Å². The summed E-state index contributed by atoms with van der Waals surface area (Å²) < 4.78 is 13.3. The number of hydrogen-bond donors (Lipinski definition) is 1. The summed E-state index contributed by atoms with van der Waals surface area (Å²) in [6.45, 7) is 0. The van der Waals surface area contributed by atoms with Crippen LogP contribution >= 0.6 is 0 Å². The van der Waals surface area contributed by atoms with Crippen molar-refractivity contribution in [3.05, 3.63) is 35.1 Å². The van der Waals surface area contributed by atoms with Gasteiger partial charge in [0.05, 0.1) is 5.92 Å². The summed E-state index contributed by atoms with van der Waals surface area (Å²) in [6.07, 6.45) is 4.05. The second-order valence-corrected chi connectivity index (χ2v) is 5.19. The maximum Gasteiger partial charge on any atom is 0.310 e. The van der Waals surface area contributed by atoms with Crippen LogP contribution in [0.4, 0.5) is 4.39 Å². The highest BCUT2D eigenvalue weighted by molar-refractivity contribution is 5.77. The van der Waals surface area contributed by atoms with Gasteiger partial charge in [-0.15, -0.1) is 0 Å². The fourth-order valence-corrected chi connectivity index (χ4v) is 3.09. The molecule has 2 atom stereocenters. The van der Waals surface area contributed by atoms with Gasteiger partial charge in [0.15, 0.2) is 0 Å². The summed E-state index contributed by atoms with van der Waals surface area (Å²) in [4.78, 5) is 11.2. The minimum Gasteiger partial charge on any atom is -0.481 e. The Morgan fingerprint density at radius 2 is 1.94 bits per heavy atom. The van der Waals surface area contributed by atoms with Gasteiger partial charge >= 0.3 is 5.97 Å². The van der Waals surface area contributed by atoms with Crippen molar-refractivity contribution in [1.82, 2.24) is 0 Å². The van der Waals surface area contributed by atoms with E-state index in [4.69, 9.17) is 0 Å². The lowest BCUT2D eigenvalue weighted by Crippen LogP contribution is -2.21. The summed E-state index contributed by atoms with van der Waals surface area (Å²) in [7, 11) is 0. The highest BCUT2D eigenvalue weighted by atomic mass is 19.1. The first-order valence-electron chi connectivity index (χ1n) is 6.19. The molecular weight excluding hydrogens is 219 g/mol. The van der Waals surface area contributed by atoms with Crippen LogP contribution in [0.15, 0.2) is 18.2 Å². The molecule has 0 heterocycles. The van der Waals surface area contributed by atoms with Gasteiger partial charge in [-0.05, 0) is 60.8 Å². The fraction of sp³-hybridized carbons (Fsp3) is 0.500. The van der Waals surface area contributed by atoms with Gasteiger partial charge in [-0.3, -0.25) is 4.79 Å². The van der Waals surface area contributed by atoms with E-state index in [1.807, 2.05) is 0 Å². The number of fused-ring (bicyclic) bond motifs is 1. The lowest BCUT2D eigenvalue weighted by atomic mass is 9.74. The Morgan fingerprint density at radius 3 is 2.59 bits per heavy atom. The molecular formula is C14H15FO2. The van der Waals surface area contributed by atoms with Crippen LogP contribution in [-0.2, 0) is 4.79 Å². The zero-order valence-corrected chi connectivity index (χ0v) is 9.53. The van der Waals surface area contributed by atoms with Gasteiger partial charge in [0.25, 0.3) is 0 Å². The first kappa shape index (κ1) is 10.8. The van der Waals surface area contributed by atoms with Crippen LogP contribution in [0, 0.1) is 11.7 Å². The molecule has 2 unspecified atom stereocenters. The zero-order chi connectivity index (χ0) is 12.0. The van der Waals surface area contributed by atoms with E-state index >= 15 is 0 Å². The summed E-state index contributed by atoms with van der Waals surface area (Å²) in [5, 5.41) is 9.19. The Hall–Kier alpha value is -1.38. The molecule has 0 bridgehead atoms. The van der Waals surface area contributed by atoms with Gasteiger partial charge in [0, 0.05) is 0 Å². The van der Waals surface area contributed by atoms with E-state index in [2.05, 4.69) is 0 Å². The number of carbonyl (C=O) groups is 1. The van der Waals surface area contributed by atoms with Crippen LogP contribution in [-0.4, -0.2) is 11.1 Å². The van der Waals surface area contributed by atoms with E-state index in [9.17, 15) is 14.3 Å². The quantitative estimate of drug-likeness (QED) is 0.852. The highest BCUT2D eigenvalue weighted by Crippen LogP contribution is 2.50. The molecule has 0 amide bonds. The van der Waals surface area contributed by atoms with E-state index in [0.717, 1.165) is 12.0 Å². The Balaban J connectivity index is 2.05. The molecule has 2 aliphatic rings. The molecule has 3 heteroatoms. The lowest BCUT2D eigenvalue weighted by molar-refractivity contribution is -0.139. The average Bonchev–Trinajstić information content (AvgIpc) is 3.10. The highest BCUT2D eigenvalue weighted by Gasteiger charge is 2.39. The molecule has 1 saturated carbocycles. The van der Waals surface area contributed by atoms with Crippen LogP contribution in [0.3, 0.4) is 0 Å². The second kappa shape index (κ2) is 3.83. The van der Waals surface area contributed by atoms with Crippen molar-refractivity contribution in [1.29, 1.82) is 0 Å². The van der Waals surface area contributed by atoms with Gasteiger partial charge in [0.1, 0.15) is 5.82 Å². The molecule has 0 radical (unpaired) electrons. The topological polar surface area (TPSA) is 37.3 Å². The molecule has 17 heavy (non-hydrogen) atoms. The first-order chi connectivity index (χ1) is 8.16. The summed E-state index contributed by atoms with van der Waals surface area (Å²) in [6, 6.07) is 4.67. The fourth-order valence-electron chi connectivity index (χ4n) is 3.09. The molecule has 90 valence electrons. The van der Waals surface area contributed by atoms with Crippen LogP contribution in [0.1, 0.15) is 48.6 Å². The number of carboxylic acids is 1. The van der Waals surface area contributed by atoms with Crippen molar-refractivity contribution in [2.45, 2.75) is 37.5 Å². The van der Waals surface area contributed by atoms with Gasteiger partial charge in [-0.25, -0.2) is 4.39 Å². The van der Waals surface area contributed by atoms with Gasteiger partial charge < -0.3 is 5.11 Å². The molecule has 2 aliphatic carbocycles. The number of halogens is 1. The van der Waals surface area contributed by atoms with Crippen molar-refractivity contribution >= 4 is 5.97 Å². The van der Waals surface area contributed by atoms with Crippen molar-refractivity contribution < 1.29 is 14.3 Å².